The normalized spacial score (nSPS) is 12.5. The van der Waals surface area contributed by atoms with Crippen LogP contribution in [-0.2, 0) is 15.6 Å². The number of fused-ring (bicyclic) bond motifs is 1. The fourth-order valence-corrected chi connectivity index (χ4v) is 5.94. The fourth-order valence-electron chi connectivity index (χ4n) is 3.55. The summed E-state index contributed by atoms with van der Waals surface area (Å²) in [5.74, 6) is -0.541. The molecule has 0 saturated carbocycles. The first-order valence-corrected chi connectivity index (χ1v) is 11.9. The summed E-state index contributed by atoms with van der Waals surface area (Å²) in [5.41, 5.74) is 1.48. The van der Waals surface area contributed by atoms with Crippen LogP contribution >= 0.6 is 19.0 Å². The highest BCUT2D eigenvalue weighted by Crippen LogP contribution is 2.47. The van der Waals surface area contributed by atoms with Gasteiger partial charge in [0.25, 0.3) is 13.3 Å². The van der Waals surface area contributed by atoms with Crippen LogP contribution in [0.2, 0.25) is 5.02 Å². The second-order valence-corrected chi connectivity index (χ2v) is 10.1. The third-order valence-electron chi connectivity index (χ3n) is 5.09. The van der Waals surface area contributed by atoms with E-state index in [2.05, 4.69) is 20.3 Å². The number of H-pyrrole nitrogens is 1. The molecule has 0 saturated heterocycles. The number of nitriles is 2. The van der Waals surface area contributed by atoms with E-state index in [1.54, 1.807) is 30.6 Å². The lowest BCUT2D eigenvalue weighted by molar-refractivity contribution is 0.0947. The maximum Gasteiger partial charge on any atom is 0.268 e. The molecule has 0 aliphatic carbocycles. The van der Waals surface area contributed by atoms with Gasteiger partial charge in [-0.2, -0.15) is 10.5 Å². The van der Waals surface area contributed by atoms with Crippen LogP contribution in [0.4, 0.5) is 0 Å². The molecule has 1 unspecified atom stereocenters. The van der Waals surface area contributed by atoms with Crippen molar-refractivity contribution in [1.82, 2.24) is 20.3 Å². The van der Waals surface area contributed by atoms with E-state index in [1.165, 1.54) is 31.6 Å². The molecule has 1 amide bonds. The Morgan fingerprint density at radius 3 is 2.44 bits per heavy atom. The molecule has 2 aromatic carbocycles. The van der Waals surface area contributed by atoms with Gasteiger partial charge in [-0.15, -0.1) is 0 Å². The highest BCUT2D eigenvalue weighted by molar-refractivity contribution is 7.75. The minimum Gasteiger partial charge on any atom is -0.350 e. The summed E-state index contributed by atoms with van der Waals surface area (Å²) in [6.07, 6.45) is 4.51. The van der Waals surface area contributed by atoms with Crippen LogP contribution in [0.3, 0.4) is 0 Å². The lowest BCUT2D eigenvalue weighted by Gasteiger charge is -2.18. The minimum absolute atomic E-state index is 0.0140. The number of benzene rings is 2. The Morgan fingerprint density at radius 2 is 1.82 bits per heavy atom. The van der Waals surface area contributed by atoms with Crippen LogP contribution in [0.25, 0.3) is 10.9 Å². The lowest BCUT2D eigenvalue weighted by Crippen LogP contribution is -2.30. The van der Waals surface area contributed by atoms with Gasteiger partial charge in [-0.1, -0.05) is 11.6 Å². The predicted molar refractivity (Wildman–Crippen MR) is 126 cm³/mol. The largest absolute Gasteiger partial charge is 0.350 e. The molecule has 0 aliphatic rings. The molecule has 0 aliphatic heterocycles. The van der Waals surface area contributed by atoms with Gasteiger partial charge in [-0.05, 0) is 36.4 Å². The molecular formula is C23H16ClN6O3P. The predicted octanol–water partition coefficient (Wildman–Crippen LogP) is 3.16. The number of carbonyl (C=O) groups excluding carboxylic acids is 1. The SMILES string of the molecule is COP(=O)(c1cc(C#N)cc(C#N)c1)c1c(C(=O)NCc2cncnc2)[nH]c2ccc(Cl)cc12. The van der Waals surface area contributed by atoms with E-state index in [1.807, 2.05) is 12.1 Å². The first-order chi connectivity index (χ1) is 16.4. The topological polar surface area (TPSA) is 145 Å². The first-order valence-electron chi connectivity index (χ1n) is 9.85. The highest BCUT2D eigenvalue weighted by Gasteiger charge is 2.36. The van der Waals surface area contributed by atoms with E-state index in [0.717, 1.165) is 0 Å². The van der Waals surface area contributed by atoms with Crippen LogP contribution in [0, 0.1) is 22.7 Å². The molecule has 9 nitrogen and oxygen atoms in total. The van der Waals surface area contributed by atoms with Gasteiger partial charge in [0.1, 0.15) is 12.0 Å². The Morgan fingerprint density at radius 1 is 1.15 bits per heavy atom. The van der Waals surface area contributed by atoms with Gasteiger partial charge in [0.15, 0.2) is 0 Å². The number of amides is 1. The third-order valence-corrected chi connectivity index (χ3v) is 7.84. The molecule has 2 aromatic heterocycles. The first kappa shape index (κ1) is 23.2. The molecule has 11 heteroatoms. The van der Waals surface area contributed by atoms with Crippen LogP contribution in [0.1, 0.15) is 27.2 Å². The summed E-state index contributed by atoms with van der Waals surface area (Å²) in [5, 5.41) is 22.5. The molecule has 0 spiro atoms. The molecule has 0 bridgehead atoms. The van der Waals surface area contributed by atoms with Crippen molar-refractivity contribution in [3.8, 4) is 12.1 Å². The van der Waals surface area contributed by atoms with Crippen LogP contribution in [0.15, 0.2) is 55.1 Å². The molecule has 168 valence electrons. The maximum absolute atomic E-state index is 14.4. The zero-order valence-electron chi connectivity index (χ0n) is 17.7. The summed E-state index contributed by atoms with van der Waals surface area (Å²) in [4.78, 5) is 24.1. The van der Waals surface area contributed by atoms with E-state index in [9.17, 15) is 19.9 Å². The van der Waals surface area contributed by atoms with Crippen molar-refractivity contribution in [2.45, 2.75) is 6.54 Å². The smallest absolute Gasteiger partial charge is 0.268 e. The van der Waals surface area contributed by atoms with E-state index >= 15 is 0 Å². The summed E-state index contributed by atoms with van der Waals surface area (Å²) in [6, 6.07) is 12.9. The van der Waals surface area contributed by atoms with Crippen LogP contribution in [-0.4, -0.2) is 28.0 Å². The van der Waals surface area contributed by atoms with Crippen molar-refractivity contribution in [2.24, 2.45) is 0 Å². The average Bonchev–Trinajstić information content (AvgIpc) is 3.26. The number of hydrogen-bond acceptors (Lipinski definition) is 7. The Bertz CT molecular complexity index is 1510. The number of carbonyl (C=O) groups is 1. The zero-order chi connectivity index (χ0) is 24.3. The third kappa shape index (κ3) is 4.28. The molecule has 2 heterocycles. The number of nitrogens with one attached hydrogen (secondary N) is 2. The minimum atomic E-state index is -3.97. The van der Waals surface area contributed by atoms with Crippen molar-refractivity contribution in [3.05, 3.63) is 82.5 Å². The van der Waals surface area contributed by atoms with Gasteiger partial charge in [-0.25, -0.2) is 9.97 Å². The summed E-state index contributed by atoms with van der Waals surface area (Å²) in [7, 11) is -2.72. The monoisotopic (exact) mass is 490 g/mol. The maximum atomic E-state index is 14.4. The second kappa shape index (κ2) is 9.46. The van der Waals surface area contributed by atoms with E-state index in [-0.39, 0.29) is 34.0 Å². The quantitative estimate of drug-likeness (QED) is 0.395. The Balaban J connectivity index is 1.90. The number of aromatic amines is 1. The Labute approximate surface area is 199 Å². The van der Waals surface area contributed by atoms with Crippen LogP contribution < -0.4 is 15.9 Å². The Kier molecular flexibility index (Phi) is 6.45. The van der Waals surface area contributed by atoms with Gasteiger partial charge >= 0.3 is 0 Å². The summed E-state index contributed by atoms with van der Waals surface area (Å²) < 4.78 is 19.9. The standard InChI is InChI=1S/C23H16ClN6O3P/c1-33-34(32,18-5-14(8-25)4-15(6-18)9-26)22-19-7-17(24)2-3-20(19)30-21(22)23(31)29-12-16-10-27-13-28-11-16/h2-7,10-11,13,30H,12H2,1H3,(H,29,31). The molecule has 4 rings (SSSR count). The Hall–Kier alpha value is -4.01. The number of nitrogens with zero attached hydrogens (tertiary/aromatic N) is 4. The van der Waals surface area contributed by atoms with Crippen molar-refractivity contribution >= 4 is 46.4 Å². The second-order valence-electron chi connectivity index (χ2n) is 7.19. The molecule has 0 fully saturated rings. The average molecular weight is 491 g/mol. The zero-order valence-corrected chi connectivity index (χ0v) is 19.4. The van der Waals surface area contributed by atoms with Crippen molar-refractivity contribution < 1.29 is 13.9 Å². The van der Waals surface area contributed by atoms with Crippen molar-refractivity contribution in [3.63, 3.8) is 0 Å². The number of rotatable bonds is 6. The number of hydrogen-bond donors (Lipinski definition) is 2. The van der Waals surface area contributed by atoms with Gasteiger partial charge in [0.2, 0.25) is 0 Å². The van der Waals surface area contributed by atoms with Gasteiger partial charge in [0.05, 0.1) is 28.6 Å². The van der Waals surface area contributed by atoms with Gasteiger partial charge in [-0.3, -0.25) is 9.36 Å². The molecule has 0 radical (unpaired) electrons. The molecule has 2 N–H and O–H groups in total. The highest BCUT2D eigenvalue weighted by atomic mass is 35.5. The van der Waals surface area contributed by atoms with Crippen LogP contribution in [0.5, 0.6) is 0 Å². The van der Waals surface area contributed by atoms with Gasteiger partial charge in [0, 0.05) is 52.8 Å². The molecular weight excluding hydrogens is 475 g/mol. The molecule has 1 atom stereocenters. The molecule has 34 heavy (non-hydrogen) atoms. The lowest BCUT2D eigenvalue weighted by atomic mass is 10.1. The summed E-state index contributed by atoms with van der Waals surface area (Å²) >= 11 is 6.21. The fraction of sp³-hybridized carbons (Fsp3) is 0.0870. The van der Waals surface area contributed by atoms with Crippen molar-refractivity contribution in [1.29, 1.82) is 10.5 Å². The van der Waals surface area contributed by atoms with E-state index in [4.69, 9.17) is 16.1 Å². The summed E-state index contributed by atoms with van der Waals surface area (Å²) in [6.45, 7) is 0.134. The number of halogens is 1. The number of aromatic nitrogens is 3. The van der Waals surface area contributed by atoms with Crippen molar-refractivity contribution in [2.75, 3.05) is 7.11 Å². The molecule has 4 aromatic rings. The van der Waals surface area contributed by atoms with Gasteiger partial charge < -0.3 is 14.8 Å². The van der Waals surface area contributed by atoms with E-state index < -0.39 is 13.3 Å². The van der Waals surface area contributed by atoms with E-state index in [0.29, 0.717) is 21.5 Å².